The normalized spacial score (nSPS) is 20.0. The summed E-state index contributed by atoms with van der Waals surface area (Å²) < 4.78 is 0. The van der Waals surface area contributed by atoms with Gasteiger partial charge in [0.25, 0.3) is 5.91 Å². The Morgan fingerprint density at radius 3 is 2.43 bits per heavy atom. The Kier molecular flexibility index (Phi) is 5.19. The molecule has 2 unspecified atom stereocenters. The lowest BCUT2D eigenvalue weighted by Gasteiger charge is -2.28. The number of hydrogen-bond acceptors (Lipinski definition) is 6. The SMILES string of the molecule is NOC1=CC=c2c(ccc3c2=NC(Cc2ccccc2)C2=NC(Cc4ccc(O)cc4)C(=O)N23)C1. The molecule has 0 saturated carbocycles. The van der Waals surface area contributed by atoms with E-state index in [2.05, 4.69) is 12.1 Å². The quantitative estimate of drug-likeness (QED) is 0.565. The first kappa shape index (κ1) is 21.3. The molecule has 2 atom stereocenters. The molecule has 3 N–H and O–H groups in total. The number of amides is 1. The molecule has 3 aromatic rings. The number of carbonyl (C=O) groups excluding carboxylic acids is 1. The van der Waals surface area contributed by atoms with Gasteiger partial charge < -0.3 is 9.94 Å². The third kappa shape index (κ3) is 3.80. The van der Waals surface area contributed by atoms with Crippen LogP contribution in [-0.2, 0) is 28.9 Å². The summed E-state index contributed by atoms with van der Waals surface area (Å²) in [5.41, 5.74) is 3.89. The van der Waals surface area contributed by atoms with E-state index in [0.717, 1.165) is 33.0 Å². The van der Waals surface area contributed by atoms with Crippen LogP contribution in [0.2, 0.25) is 0 Å². The Balaban J connectivity index is 1.46. The Labute approximate surface area is 202 Å². The number of benzene rings is 3. The molecule has 3 aromatic carbocycles. The average Bonchev–Trinajstić information content (AvgIpc) is 3.22. The van der Waals surface area contributed by atoms with Crippen LogP contribution in [0.3, 0.4) is 0 Å². The molecule has 1 amide bonds. The van der Waals surface area contributed by atoms with Gasteiger partial charge in [-0.2, -0.15) is 5.90 Å². The Hall–Kier alpha value is -4.23. The minimum Gasteiger partial charge on any atom is -0.508 e. The van der Waals surface area contributed by atoms with E-state index in [9.17, 15) is 9.90 Å². The van der Waals surface area contributed by atoms with Crippen LogP contribution in [0.15, 0.2) is 88.6 Å². The van der Waals surface area contributed by atoms with Crippen LogP contribution in [0.1, 0.15) is 16.7 Å². The number of fused-ring (bicyclic) bond motifs is 5. The highest BCUT2D eigenvalue weighted by Crippen LogP contribution is 2.28. The molecule has 0 aromatic heterocycles. The van der Waals surface area contributed by atoms with Crippen molar-refractivity contribution in [2.45, 2.75) is 31.3 Å². The van der Waals surface area contributed by atoms with Gasteiger partial charge in [0, 0.05) is 24.5 Å². The van der Waals surface area contributed by atoms with E-state index in [-0.39, 0.29) is 17.7 Å². The highest BCUT2D eigenvalue weighted by atomic mass is 16.6. The molecule has 0 saturated heterocycles. The zero-order valence-corrected chi connectivity index (χ0v) is 19.0. The van der Waals surface area contributed by atoms with Gasteiger partial charge in [-0.05, 0) is 47.0 Å². The maximum Gasteiger partial charge on any atom is 0.257 e. The second kappa shape index (κ2) is 8.52. The van der Waals surface area contributed by atoms with E-state index in [0.29, 0.717) is 30.9 Å². The maximum atomic E-state index is 13.7. The standard InChI is InChI=1S/C28H24N4O3/c29-35-21-11-12-22-19(16-21)8-13-25-26(22)30-23(14-17-4-2-1-3-5-17)27-31-24(28(34)32(25)27)15-18-6-9-20(33)10-7-18/h1-13,23-24,33H,14-16,29H2. The van der Waals surface area contributed by atoms with Gasteiger partial charge in [-0.3, -0.25) is 19.7 Å². The van der Waals surface area contributed by atoms with E-state index >= 15 is 0 Å². The molecular weight excluding hydrogens is 440 g/mol. The van der Waals surface area contributed by atoms with Crippen molar-refractivity contribution in [2.24, 2.45) is 15.9 Å². The third-order valence-electron chi connectivity index (χ3n) is 6.72. The van der Waals surface area contributed by atoms with Gasteiger partial charge in [-0.25, -0.2) is 0 Å². The molecule has 2 aliphatic heterocycles. The fourth-order valence-corrected chi connectivity index (χ4v) is 4.99. The summed E-state index contributed by atoms with van der Waals surface area (Å²) in [5, 5.41) is 11.4. The molecule has 174 valence electrons. The molecule has 3 aliphatic rings. The van der Waals surface area contributed by atoms with Crippen molar-refractivity contribution in [3.05, 3.63) is 106 Å². The molecule has 35 heavy (non-hydrogen) atoms. The second-order valence-corrected chi connectivity index (χ2v) is 8.98. The fourth-order valence-electron chi connectivity index (χ4n) is 4.99. The summed E-state index contributed by atoms with van der Waals surface area (Å²) in [6.45, 7) is 0. The monoisotopic (exact) mass is 464 g/mol. The minimum absolute atomic E-state index is 0.0560. The predicted octanol–water partition coefficient (Wildman–Crippen LogP) is 2.10. The van der Waals surface area contributed by atoms with Gasteiger partial charge in [0.15, 0.2) is 0 Å². The number of amidine groups is 1. The first-order valence-electron chi connectivity index (χ1n) is 11.6. The van der Waals surface area contributed by atoms with Crippen LogP contribution in [-0.4, -0.2) is 28.9 Å². The van der Waals surface area contributed by atoms with Crippen LogP contribution in [0, 0.1) is 0 Å². The van der Waals surface area contributed by atoms with Crippen LogP contribution in [0.25, 0.3) is 6.08 Å². The van der Waals surface area contributed by atoms with E-state index in [1.54, 1.807) is 17.0 Å². The van der Waals surface area contributed by atoms with Crippen molar-refractivity contribution in [3.63, 3.8) is 0 Å². The zero-order chi connectivity index (χ0) is 23.9. The molecule has 2 heterocycles. The Morgan fingerprint density at radius 2 is 1.66 bits per heavy atom. The number of nitrogens with two attached hydrogens (primary N) is 1. The number of aromatic hydroxyl groups is 1. The lowest BCUT2D eigenvalue weighted by molar-refractivity contribution is -0.118. The highest BCUT2D eigenvalue weighted by Gasteiger charge is 2.42. The number of phenols is 1. The van der Waals surface area contributed by atoms with Crippen LogP contribution in [0.5, 0.6) is 5.75 Å². The predicted molar refractivity (Wildman–Crippen MR) is 133 cm³/mol. The first-order valence-corrected chi connectivity index (χ1v) is 11.6. The molecule has 0 bridgehead atoms. The zero-order valence-electron chi connectivity index (χ0n) is 19.0. The van der Waals surface area contributed by atoms with Gasteiger partial charge in [-0.15, -0.1) is 0 Å². The molecule has 0 fully saturated rings. The number of phenolic OH excluding ortho intramolecular Hbond substituents is 1. The summed E-state index contributed by atoms with van der Waals surface area (Å²) >= 11 is 0. The molecule has 7 nitrogen and oxygen atoms in total. The van der Waals surface area contributed by atoms with Crippen molar-refractivity contribution in [1.29, 1.82) is 0 Å². The summed E-state index contributed by atoms with van der Waals surface area (Å²) in [6.07, 6.45) is 5.49. The van der Waals surface area contributed by atoms with Crippen molar-refractivity contribution < 1.29 is 14.7 Å². The van der Waals surface area contributed by atoms with Gasteiger partial charge in [0.1, 0.15) is 29.4 Å². The molecule has 0 radical (unpaired) electrons. The largest absolute Gasteiger partial charge is 0.508 e. The molecular formula is C28H24N4O3. The maximum absolute atomic E-state index is 13.7. The Morgan fingerprint density at radius 1 is 0.914 bits per heavy atom. The van der Waals surface area contributed by atoms with Gasteiger partial charge in [0.2, 0.25) is 0 Å². The number of carbonyl (C=O) groups is 1. The number of nitrogens with zero attached hydrogens (tertiary/aromatic N) is 3. The number of hydrogen-bond donors (Lipinski definition) is 2. The lowest BCUT2D eigenvalue weighted by Crippen LogP contribution is -2.51. The van der Waals surface area contributed by atoms with Crippen molar-refractivity contribution in [3.8, 4) is 5.75 Å². The van der Waals surface area contributed by atoms with E-state index < -0.39 is 6.04 Å². The lowest BCUT2D eigenvalue weighted by atomic mass is 9.98. The third-order valence-corrected chi connectivity index (χ3v) is 6.72. The second-order valence-electron chi connectivity index (χ2n) is 8.98. The molecule has 6 rings (SSSR count). The molecule has 0 spiro atoms. The van der Waals surface area contributed by atoms with Crippen LogP contribution in [0.4, 0.5) is 5.69 Å². The van der Waals surface area contributed by atoms with E-state index in [1.165, 1.54) is 0 Å². The van der Waals surface area contributed by atoms with Crippen LogP contribution >= 0.6 is 0 Å². The van der Waals surface area contributed by atoms with E-state index in [1.807, 2.05) is 54.6 Å². The number of allylic oxidation sites excluding steroid dienone is 2. The number of rotatable bonds is 5. The summed E-state index contributed by atoms with van der Waals surface area (Å²) in [6, 6.07) is 20.2. The van der Waals surface area contributed by atoms with Crippen LogP contribution < -0.4 is 21.4 Å². The topological polar surface area (TPSA) is 101 Å². The first-order chi connectivity index (χ1) is 17.1. The summed E-state index contributed by atoms with van der Waals surface area (Å²) in [7, 11) is 0. The van der Waals surface area contributed by atoms with Crippen molar-refractivity contribution >= 4 is 23.5 Å². The van der Waals surface area contributed by atoms with E-state index in [4.69, 9.17) is 20.7 Å². The minimum atomic E-state index is -0.536. The van der Waals surface area contributed by atoms with Gasteiger partial charge in [-0.1, -0.05) is 48.5 Å². The number of aliphatic imine (C=N–C) groups is 1. The van der Waals surface area contributed by atoms with Gasteiger partial charge >= 0.3 is 0 Å². The molecule has 1 aliphatic carbocycles. The molecule has 7 heteroatoms. The van der Waals surface area contributed by atoms with Crippen molar-refractivity contribution in [2.75, 3.05) is 4.90 Å². The summed E-state index contributed by atoms with van der Waals surface area (Å²) in [5.74, 6) is 6.90. The average molecular weight is 465 g/mol. The highest BCUT2D eigenvalue weighted by molar-refractivity contribution is 6.25. The smallest absolute Gasteiger partial charge is 0.257 e. The van der Waals surface area contributed by atoms with Gasteiger partial charge in [0.05, 0.1) is 11.0 Å². The van der Waals surface area contributed by atoms with Crippen molar-refractivity contribution in [1.82, 2.24) is 0 Å². The number of anilines is 1. The Bertz CT molecular complexity index is 1490. The summed E-state index contributed by atoms with van der Waals surface area (Å²) in [4.78, 5) is 30.5. The fraction of sp³-hybridized carbons (Fsp3) is 0.179.